The van der Waals surface area contributed by atoms with Crippen LogP contribution in [0.2, 0.25) is 0 Å². The van der Waals surface area contributed by atoms with Crippen LogP contribution in [0.3, 0.4) is 0 Å². The summed E-state index contributed by atoms with van der Waals surface area (Å²) in [6.45, 7) is 2.51. The van der Waals surface area contributed by atoms with Crippen molar-refractivity contribution in [3.63, 3.8) is 0 Å². The Labute approximate surface area is 121 Å². The number of thiazole rings is 1. The molecule has 0 aliphatic carbocycles. The van der Waals surface area contributed by atoms with Crippen molar-refractivity contribution in [2.75, 3.05) is 0 Å². The van der Waals surface area contributed by atoms with Crippen LogP contribution in [0.1, 0.15) is 16.8 Å². The normalized spacial score (nSPS) is 10.8. The number of hydrogen-bond acceptors (Lipinski definition) is 3. The summed E-state index contributed by atoms with van der Waals surface area (Å²) in [7, 11) is 0. The zero-order valence-corrected chi connectivity index (χ0v) is 12.0. The Bertz CT molecular complexity index is 699. The number of carbonyl (C=O) groups is 1. The largest absolute Gasteiger partial charge is 0.350 e. The first-order valence-electron chi connectivity index (χ1n) is 6.44. The van der Waals surface area contributed by atoms with E-state index in [1.165, 1.54) is 5.56 Å². The van der Waals surface area contributed by atoms with Gasteiger partial charge in [-0.3, -0.25) is 9.20 Å². The average Bonchev–Trinajstić information content (AvgIpc) is 3.00. The van der Waals surface area contributed by atoms with Gasteiger partial charge in [-0.05, 0) is 12.5 Å². The number of aromatic nitrogens is 2. The average molecular weight is 285 g/mol. The Morgan fingerprint density at radius 1 is 1.35 bits per heavy atom. The zero-order valence-electron chi connectivity index (χ0n) is 11.2. The minimum atomic E-state index is 0.0187. The van der Waals surface area contributed by atoms with Crippen molar-refractivity contribution in [3.8, 4) is 0 Å². The Morgan fingerprint density at radius 2 is 2.15 bits per heavy atom. The number of fused-ring (bicyclic) bond motifs is 1. The van der Waals surface area contributed by atoms with Crippen LogP contribution in [0.15, 0.2) is 42.0 Å². The number of rotatable bonds is 4. The maximum Gasteiger partial charge on any atom is 0.224 e. The molecule has 1 amide bonds. The molecule has 0 saturated carbocycles. The molecule has 2 heterocycles. The summed E-state index contributed by atoms with van der Waals surface area (Å²) in [6.07, 6.45) is 4.31. The summed E-state index contributed by atoms with van der Waals surface area (Å²) in [5, 5.41) is 4.89. The fourth-order valence-electron chi connectivity index (χ4n) is 2.00. The van der Waals surface area contributed by atoms with Crippen LogP contribution in [-0.4, -0.2) is 15.3 Å². The van der Waals surface area contributed by atoms with E-state index in [1.54, 1.807) is 11.3 Å². The summed E-state index contributed by atoms with van der Waals surface area (Å²) in [6, 6.07) is 8.02. The molecular weight excluding hydrogens is 270 g/mol. The smallest absolute Gasteiger partial charge is 0.224 e. The van der Waals surface area contributed by atoms with E-state index in [-0.39, 0.29) is 5.91 Å². The molecule has 4 nitrogen and oxygen atoms in total. The van der Waals surface area contributed by atoms with Crippen LogP contribution < -0.4 is 5.32 Å². The fourth-order valence-corrected chi connectivity index (χ4v) is 2.72. The van der Waals surface area contributed by atoms with Crippen molar-refractivity contribution in [1.29, 1.82) is 0 Å². The van der Waals surface area contributed by atoms with Gasteiger partial charge in [-0.15, -0.1) is 11.3 Å². The third-order valence-corrected chi connectivity index (χ3v) is 3.87. The standard InChI is InChI=1S/C15H15N3OS/c1-11-2-4-12(5-3-11)8-14(19)16-9-13-10-18-6-7-20-15(18)17-13/h2-7,10H,8-9H2,1H3,(H,16,19). The highest BCUT2D eigenvalue weighted by molar-refractivity contribution is 7.15. The molecule has 0 radical (unpaired) electrons. The van der Waals surface area contributed by atoms with Crippen LogP contribution >= 0.6 is 11.3 Å². The maximum atomic E-state index is 11.9. The van der Waals surface area contributed by atoms with Crippen LogP contribution in [0.5, 0.6) is 0 Å². The summed E-state index contributed by atoms with van der Waals surface area (Å²) in [5.74, 6) is 0.0187. The summed E-state index contributed by atoms with van der Waals surface area (Å²) < 4.78 is 1.96. The molecule has 1 N–H and O–H groups in total. The number of imidazole rings is 1. The summed E-state index contributed by atoms with van der Waals surface area (Å²) >= 11 is 1.59. The molecule has 0 fully saturated rings. The number of amides is 1. The lowest BCUT2D eigenvalue weighted by molar-refractivity contribution is -0.120. The fraction of sp³-hybridized carbons (Fsp3) is 0.200. The lowest BCUT2D eigenvalue weighted by Gasteiger charge is -2.03. The SMILES string of the molecule is Cc1ccc(CC(=O)NCc2cn3ccsc3n2)cc1. The van der Waals surface area contributed by atoms with E-state index in [1.807, 2.05) is 53.4 Å². The van der Waals surface area contributed by atoms with Gasteiger partial charge in [0.2, 0.25) is 5.91 Å². The van der Waals surface area contributed by atoms with E-state index in [4.69, 9.17) is 0 Å². The van der Waals surface area contributed by atoms with Crippen LogP contribution in [0.4, 0.5) is 0 Å². The molecule has 0 unspecified atom stereocenters. The van der Waals surface area contributed by atoms with Crippen LogP contribution in [0, 0.1) is 6.92 Å². The highest BCUT2D eigenvalue weighted by Gasteiger charge is 2.06. The Kier molecular flexibility index (Phi) is 3.52. The molecule has 0 aliphatic rings. The van der Waals surface area contributed by atoms with Crippen molar-refractivity contribution < 1.29 is 4.79 Å². The third-order valence-electron chi connectivity index (χ3n) is 3.10. The number of nitrogens with one attached hydrogen (secondary N) is 1. The van der Waals surface area contributed by atoms with Gasteiger partial charge in [0.15, 0.2) is 4.96 Å². The third kappa shape index (κ3) is 2.88. The first kappa shape index (κ1) is 12.9. The number of hydrogen-bond donors (Lipinski definition) is 1. The highest BCUT2D eigenvalue weighted by Crippen LogP contribution is 2.11. The first-order chi connectivity index (χ1) is 9.70. The lowest BCUT2D eigenvalue weighted by atomic mass is 10.1. The molecule has 20 heavy (non-hydrogen) atoms. The quantitative estimate of drug-likeness (QED) is 0.801. The van der Waals surface area contributed by atoms with E-state index < -0.39 is 0 Å². The zero-order chi connectivity index (χ0) is 13.9. The van der Waals surface area contributed by atoms with Crippen molar-refractivity contribution in [3.05, 3.63) is 58.9 Å². The maximum absolute atomic E-state index is 11.9. The van der Waals surface area contributed by atoms with Crippen molar-refractivity contribution >= 4 is 22.2 Å². The molecule has 102 valence electrons. The van der Waals surface area contributed by atoms with Gasteiger partial charge in [0.05, 0.1) is 18.7 Å². The molecule has 3 aromatic rings. The Morgan fingerprint density at radius 3 is 2.90 bits per heavy atom. The van der Waals surface area contributed by atoms with Crippen molar-refractivity contribution in [2.24, 2.45) is 0 Å². The van der Waals surface area contributed by atoms with E-state index in [0.717, 1.165) is 16.2 Å². The predicted molar refractivity (Wildman–Crippen MR) is 79.8 cm³/mol. The van der Waals surface area contributed by atoms with Crippen LogP contribution in [0.25, 0.3) is 4.96 Å². The van der Waals surface area contributed by atoms with Gasteiger partial charge in [0.1, 0.15) is 0 Å². The van der Waals surface area contributed by atoms with Crippen LogP contribution in [-0.2, 0) is 17.8 Å². The molecule has 1 aromatic carbocycles. The van der Waals surface area contributed by atoms with Gasteiger partial charge >= 0.3 is 0 Å². The van der Waals surface area contributed by atoms with E-state index in [9.17, 15) is 4.79 Å². The molecule has 3 rings (SSSR count). The van der Waals surface area contributed by atoms with Crippen molar-refractivity contribution in [2.45, 2.75) is 19.9 Å². The lowest BCUT2D eigenvalue weighted by Crippen LogP contribution is -2.24. The molecule has 0 atom stereocenters. The Hall–Kier alpha value is -2.14. The number of nitrogens with zero attached hydrogens (tertiary/aromatic N) is 2. The second-order valence-electron chi connectivity index (χ2n) is 4.76. The second kappa shape index (κ2) is 5.46. The number of aryl methyl sites for hydroxylation is 1. The molecular formula is C15H15N3OS. The molecule has 5 heteroatoms. The monoisotopic (exact) mass is 285 g/mol. The summed E-state index contributed by atoms with van der Waals surface area (Å²) in [4.78, 5) is 17.3. The van der Waals surface area contributed by atoms with Gasteiger partial charge in [-0.25, -0.2) is 4.98 Å². The van der Waals surface area contributed by atoms with Gasteiger partial charge in [-0.1, -0.05) is 29.8 Å². The minimum Gasteiger partial charge on any atom is -0.350 e. The van der Waals surface area contributed by atoms with Gasteiger partial charge in [-0.2, -0.15) is 0 Å². The first-order valence-corrected chi connectivity index (χ1v) is 7.32. The van der Waals surface area contributed by atoms with Crippen molar-refractivity contribution in [1.82, 2.24) is 14.7 Å². The molecule has 0 spiro atoms. The summed E-state index contributed by atoms with van der Waals surface area (Å²) in [5.41, 5.74) is 3.11. The van der Waals surface area contributed by atoms with Gasteiger partial charge in [0, 0.05) is 17.8 Å². The predicted octanol–water partition coefficient (Wildman–Crippen LogP) is 2.56. The highest BCUT2D eigenvalue weighted by atomic mass is 32.1. The Balaban J connectivity index is 1.56. The molecule has 0 bridgehead atoms. The second-order valence-corrected chi connectivity index (χ2v) is 5.64. The number of benzene rings is 1. The van der Waals surface area contributed by atoms with Gasteiger partial charge in [0.25, 0.3) is 0 Å². The number of carbonyl (C=O) groups excluding carboxylic acids is 1. The molecule has 0 saturated heterocycles. The van der Waals surface area contributed by atoms with E-state index in [0.29, 0.717) is 13.0 Å². The van der Waals surface area contributed by atoms with E-state index >= 15 is 0 Å². The molecule has 2 aromatic heterocycles. The molecule has 0 aliphatic heterocycles. The van der Waals surface area contributed by atoms with E-state index in [2.05, 4.69) is 10.3 Å². The minimum absolute atomic E-state index is 0.0187. The topological polar surface area (TPSA) is 46.4 Å². The van der Waals surface area contributed by atoms with Gasteiger partial charge < -0.3 is 5.32 Å².